The molecular formula is C18H15Cl4NO3. The molecule has 0 amide bonds. The fourth-order valence-electron chi connectivity index (χ4n) is 2.51. The van der Waals surface area contributed by atoms with E-state index in [1.807, 2.05) is 0 Å². The second kappa shape index (κ2) is 9.07. The van der Waals surface area contributed by atoms with Gasteiger partial charge in [0.25, 0.3) is 0 Å². The first kappa shape index (κ1) is 21.0. The van der Waals surface area contributed by atoms with Crippen LogP contribution in [0, 0.1) is 0 Å². The zero-order chi connectivity index (χ0) is 19.4. The molecule has 26 heavy (non-hydrogen) atoms. The molecule has 0 aromatic heterocycles. The van der Waals surface area contributed by atoms with Gasteiger partial charge < -0.3 is 10.5 Å². The van der Waals surface area contributed by atoms with Crippen LogP contribution in [0.2, 0.25) is 20.1 Å². The number of hydrogen-bond acceptors (Lipinski definition) is 4. The van der Waals surface area contributed by atoms with E-state index in [1.165, 1.54) is 19.2 Å². The molecule has 0 heterocycles. The molecule has 2 rings (SSSR count). The van der Waals surface area contributed by atoms with Gasteiger partial charge in [-0.1, -0.05) is 52.5 Å². The lowest BCUT2D eigenvalue weighted by atomic mass is 9.85. The Hall–Kier alpha value is -1.30. The van der Waals surface area contributed by atoms with Crippen molar-refractivity contribution in [1.29, 1.82) is 0 Å². The molecule has 2 aromatic rings. The summed E-state index contributed by atoms with van der Waals surface area (Å²) in [6.07, 6.45) is -0.105. The summed E-state index contributed by atoms with van der Waals surface area (Å²) in [7, 11) is 1.26. The third-order valence-electron chi connectivity index (χ3n) is 3.92. The lowest BCUT2D eigenvalue weighted by molar-refractivity contribution is -0.141. The summed E-state index contributed by atoms with van der Waals surface area (Å²) in [4.78, 5) is 24.7. The number of benzene rings is 2. The van der Waals surface area contributed by atoms with Crippen molar-refractivity contribution in [2.24, 2.45) is 5.73 Å². The maximum atomic E-state index is 12.8. The first-order valence-electron chi connectivity index (χ1n) is 7.51. The third-order valence-corrected chi connectivity index (χ3v) is 5.21. The van der Waals surface area contributed by atoms with Gasteiger partial charge in [-0.15, -0.1) is 0 Å². The van der Waals surface area contributed by atoms with Crippen LogP contribution in [0.3, 0.4) is 0 Å². The minimum Gasteiger partial charge on any atom is -0.469 e. The van der Waals surface area contributed by atoms with Crippen LogP contribution in [0.25, 0.3) is 0 Å². The van der Waals surface area contributed by atoms with Crippen molar-refractivity contribution >= 4 is 58.2 Å². The summed E-state index contributed by atoms with van der Waals surface area (Å²) in [6, 6.07) is 8.27. The van der Waals surface area contributed by atoms with E-state index < -0.39 is 23.7 Å². The summed E-state index contributed by atoms with van der Waals surface area (Å²) >= 11 is 24.0. The molecule has 0 bridgehead atoms. The fraction of sp³-hybridized carbons (Fsp3) is 0.222. The number of carbonyl (C=O) groups is 2. The molecule has 0 spiro atoms. The van der Waals surface area contributed by atoms with Crippen molar-refractivity contribution in [3.8, 4) is 0 Å². The largest absolute Gasteiger partial charge is 0.469 e. The Labute approximate surface area is 171 Å². The number of nitrogens with two attached hydrogens (primary N) is 1. The first-order valence-corrected chi connectivity index (χ1v) is 9.02. The molecule has 8 heteroatoms. The van der Waals surface area contributed by atoms with Gasteiger partial charge >= 0.3 is 5.97 Å². The number of rotatable bonds is 6. The number of ketones is 1. The topological polar surface area (TPSA) is 69.4 Å². The summed E-state index contributed by atoms with van der Waals surface area (Å²) < 4.78 is 4.72. The Kier molecular flexibility index (Phi) is 7.33. The van der Waals surface area contributed by atoms with Gasteiger partial charge in [0.05, 0.1) is 34.6 Å². The zero-order valence-corrected chi connectivity index (χ0v) is 16.7. The Morgan fingerprint density at radius 1 is 1.00 bits per heavy atom. The number of hydrogen-bond donors (Lipinski definition) is 1. The highest BCUT2D eigenvalue weighted by molar-refractivity contribution is 6.42. The van der Waals surface area contributed by atoms with E-state index in [9.17, 15) is 9.59 Å². The van der Waals surface area contributed by atoms with Crippen molar-refractivity contribution < 1.29 is 14.3 Å². The van der Waals surface area contributed by atoms with Gasteiger partial charge in [-0.25, -0.2) is 0 Å². The zero-order valence-electron chi connectivity index (χ0n) is 13.6. The predicted octanol–water partition coefficient (Wildman–Crippen LogP) is 5.16. The van der Waals surface area contributed by atoms with E-state index in [4.69, 9.17) is 56.9 Å². The summed E-state index contributed by atoms with van der Waals surface area (Å²) in [6.45, 7) is 0. The minimum absolute atomic E-state index is 0.105. The highest BCUT2D eigenvalue weighted by Gasteiger charge is 2.30. The van der Waals surface area contributed by atoms with Crippen molar-refractivity contribution in [3.63, 3.8) is 0 Å². The van der Waals surface area contributed by atoms with Gasteiger partial charge in [-0.2, -0.15) is 0 Å². The molecule has 138 valence electrons. The monoisotopic (exact) mass is 433 g/mol. The lowest BCUT2D eigenvalue weighted by Crippen LogP contribution is -2.38. The smallest absolute Gasteiger partial charge is 0.306 e. The summed E-state index contributed by atoms with van der Waals surface area (Å²) in [5.41, 5.74) is 7.01. The van der Waals surface area contributed by atoms with Crippen LogP contribution >= 0.6 is 46.4 Å². The van der Waals surface area contributed by atoms with Gasteiger partial charge in [0, 0.05) is 16.5 Å². The average Bonchev–Trinajstić information content (AvgIpc) is 2.60. The van der Waals surface area contributed by atoms with E-state index in [0.29, 0.717) is 20.6 Å². The normalized spacial score (nSPS) is 13.2. The van der Waals surface area contributed by atoms with Crippen LogP contribution in [0.4, 0.5) is 0 Å². The van der Waals surface area contributed by atoms with Crippen LogP contribution in [0.5, 0.6) is 0 Å². The quantitative estimate of drug-likeness (QED) is 0.503. The number of carbonyl (C=O) groups excluding carboxylic acids is 2. The Balaban J connectivity index is 2.41. The van der Waals surface area contributed by atoms with Crippen molar-refractivity contribution in [2.45, 2.75) is 18.4 Å². The van der Waals surface area contributed by atoms with E-state index in [2.05, 4.69) is 0 Å². The molecule has 2 atom stereocenters. The van der Waals surface area contributed by atoms with Gasteiger partial charge in [0.15, 0.2) is 5.78 Å². The second-order valence-electron chi connectivity index (χ2n) is 5.57. The van der Waals surface area contributed by atoms with Crippen molar-refractivity contribution in [3.05, 3.63) is 67.6 Å². The molecule has 0 fully saturated rings. The van der Waals surface area contributed by atoms with Crippen LogP contribution in [-0.2, 0) is 9.53 Å². The third kappa shape index (κ3) is 4.90. The Morgan fingerprint density at radius 2 is 1.69 bits per heavy atom. The fourth-order valence-corrected chi connectivity index (χ4v) is 3.32. The van der Waals surface area contributed by atoms with Gasteiger partial charge in [0.1, 0.15) is 0 Å². The molecule has 2 unspecified atom stereocenters. The number of halogens is 4. The van der Waals surface area contributed by atoms with Gasteiger partial charge in [-0.05, 0) is 35.9 Å². The molecule has 2 aromatic carbocycles. The highest BCUT2D eigenvalue weighted by atomic mass is 35.5. The lowest BCUT2D eigenvalue weighted by Gasteiger charge is -2.23. The van der Waals surface area contributed by atoms with Crippen LogP contribution in [0.1, 0.15) is 28.3 Å². The molecule has 0 saturated heterocycles. The maximum Gasteiger partial charge on any atom is 0.306 e. The number of ether oxygens (including phenoxy) is 1. The van der Waals surface area contributed by atoms with E-state index in [-0.39, 0.29) is 17.0 Å². The number of Topliss-reactive ketones (excluding diaryl/α,β-unsaturated/α-hetero) is 1. The second-order valence-corrected chi connectivity index (χ2v) is 7.23. The van der Waals surface area contributed by atoms with E-state index >= 15 is 0 Å². The Morgan fingerprint density at radius 3 is 2.27 bits per heavy atom. The SMILES string of the molecule is COC(=O)CC(c1ccc(Cl)c(Cl)c1)C(N)C(=O)c1ccc(Cl)cc1Cl. The summed E-state index contributed by atoms with van der Waals surface area (Å²) in [5.74, 6) is -1.60. The number of esters is 1. The van der Waals surface area contributed by atoms with Gasteiger partial charge in [0.2, 0.25) is 0 Å². The van der Waals surface area contributed by atoms with Crippen molar-refractivity contribution in [1.82, 2.24) is 0 Å². The first-order chi connectivity index (χ1) is 12.2. The Bertz CT molecular complexity index is 841. The van der Waals surface area contributed by atoms with Crippen LogP contribution < -0.4 is 5.73 Å². The molecule has 2 N–H and O–H groups in total. The molecule has 4 nitrogen and oxygen atoms in total. The summed E-state index contributed by atoms with van der Waals surface area (Å²) in [5, 5.41) is 1.23. The van der Waals surface area contributed by atoms with Crippen LogP contribution in [-0.4, -0.2) is 24.9 Å². The van der Waals surface area contributed by atoms with Crippen LogP contribution in [0.15, 0.2) is 36.4 Å². The molecule has 0 saturated carbocycles. The predicted molar refractivity (Wildman–Crippen MR) is 105 cm³/mol. The van der Waals surface area contributed by atoms with E-state index in [1.54, 1.807) is 24.3 Å². The van der Waals surface area contributed by atoms with Crippen molar-refractivity contribution in [2.75, 3.05) is 7.11 Å². The maximum absolute atomic E-state index is 12.8. The van der Waals surface area contributed by atoms with E-state index in [0.717, 1.165) is 0 Å². The number of methoxy groups -OCH3 is 1. The standard InChI is InChI=1S/C18H15Cl4NO3/c1-26-16(24)8-12(9-2-5-13(20)15(22)6-9)17(23)18(25)11-4-3-10(19)7-14(11)21/h2-7,12,17H,8,23H2,1H3. The van der Waals surface area contributed by atoms with Gasteiger partial charge in [-0.3, -0.25) is 9.59 Å². The average molecular weight is 435 g/mol. The molecule has 0 aliphatic heterocycles. The molecule has 0 aliphatic carbocycles. The molecule has 0 aliphatic rings. The highest BCUT2D eigenvalue weighted by Crippen LogP contribution is 2.32. The minimum atomic E-state index is -1.05. The molecular weight excluding hydrogens is 420 g/mol. The molecule has 0 radical (unpaired) electrons.